The van der Waals surface area contributed by atoms with E-state index in [-0.39, 0.29) is 0 Å². The van der Waals surface area contributed by atoms with Crippen LogP contribution in [0.2, 0.25) is 5.02 Å². The van der Waals surface area contributed by atoms with Crippen LogP contribution in [0.1, 0.15) is 44.6 Å². The van der Waals surface area contributed by atoms with E-state index in [2.05, 4.69) is 26.0 Å². The second-order valence-electron chi connectivity index (χ2n) is 3.45. The van der Waals surface area contributed by atoms with E-state index in [0.717, 1.165) is 5.02 Å². The van der Waals surface area contributed by atoms with E-state index >= 15 is 0 Å². The lowest BCUT2D eigenvalue weighted by molar-refractivity contribution is 0.596. The van der Waals surface area contributed by atoms with Crippen molar-refractivity contribution in [3.05, 3.63) is 34.9 Å². The first-order valence-electron chi connectivity index (χ1n) is 5.03. The quantitative estimate of drug-likeness (QED) is 0.659. The second kappa shape index (κ2) is 5.29. The lowest BCUT2D eigenvalue weighted by Crippen LogP contribution is -1.95. The molecule has 1 unspecified atom stereocenters. The largest absolute Gasteiger partial charge is 0.0843 e. The molecule has 0 nitrogen and oxygen atoms in total. The minimum absolute atomic E-state index is 0.710. The molecule has 0 saturated carbocycles. The molecule has 1 heteroatoms. The highest BCUT2D eigenvalue weighted by Gasteiger charge is 2.06. The van der Waals surface area contributed by atoms with Crippen LogP contribution in [0.4, 0.5) is 0 Å². The maximum absolute atomic E-state index is 5.84. The summed E-state index contributed by atoms with van der Waals surface area (Å²) < 4.78 is 0. The summed E-state index contributed by atoms with van der Waals surface area (Å²) in [7, 11) is 0. The lowest BCUT2D eigenvalue weighted by atomic mass is 9.92. The normalized spacial score (nSPS) is 12.8. The first-order chi connectivity index (χ1) is 6.27. The highest BCUT2D eigenvalue weighted by atomic mass is 35.5. The summed E-state index contributed by atoms with van der Waals surface area (Å²) in [5.41, 5.74) is 1.42. The highest BCUT2D eigenvalue weighted by Crippen LogP contribution is 2.25. The van der Waals surface area contributed by atoms with Gasteiger partial charge in [-0.05, 0) is 36.5 Å². The maximum Gasteiger partial charge on any atom is 0.0406 e. The minimum atomic E-state index is 0.710. The van der Waals surface area contributed by atoms with Crippen LogP contribution in [0.3, 0.4) is 0 Å². The van der Waals surface area contributed by atoms with E-state index in [4.69, 9.17) is 11.6 Å². The van der Waals surface area contributed by atoms with Crippen LogP contribution >= 0.6 is 11.6 Å². The van der Waals surface area contributed by atoms with E-state index in [1.54, 1.807) is 0 Å². The zero-order valence-electron chi connectivity index (χ0n) is 8.39. The fraction of sp³-hybridized carbons (Fsp3) is 0.500. The summed E-state index contributed by atoms with van der Waals surface area (Å²) >= 11 is 5.84. The summed E-state index contributed by atoms with van der Waals surface area (Å²) in [5, 5.41) is 0.829. The van der Waals surface area contributed by atoms with Crippen LogP contribution in [0, 0.1) is 0 Å². The number of rotatable bonds is 4. The third kappa shape index (κ3) is 3.04. The molecule has 0 radical (unpaired) electrons. The monoisotopic (exact) mass is 196 g/mol. The Kier molecular flexibility index (Phi) is 4.31. The first-order valence-corrected chi connectivity index (χ1v) is 5.41. The molecule has 1 atom stereocenters. The lowest BCUT2D eigenvalue weighted by Gasteiger charge is -2.13. The predicted octanol–water partition coefficient (Wildman–Crippen LogP) is 4.63. The summed E-state index contributed by atoms with van der Waals surface area (Å²) in [4.78, 5) is 0. The van der Waals surface area contributed by atoms with Crippen LogP contribution in [0.5, 0.6) is 0 Å². The molecule has 0 saturated heterocycles. The SMILES string of the molecule is CCCC(CC)c1ccc(Cl)cc1. The molecule has 0 N–H and O–H groups in total. The van der Waals surface area contributed by atoms with Gasteiger partial charge in [-0.1, -0.05) is 44.0 Å². The molecule has 1 aromatic carbocycles. The van der Waals surface area contributed by atoms with Crippen LogP contribution in [0.15, 0.2) is 24.3 Å². The van der Waals surface area contributed by atoms with Gasteiger partial charge in [0.15, 0.2) is 0 Å². The molecule has 0 aliphatic rings. The Morgan fingerprint density at radius 3 is 2.23 bits per heavy atom. The van der Waals surface area contributed by atoms with Crippen molar-refractivity contribution in [3.63, 3.8) is 0 Å². The van der Waals surface area contributed by atoms with Crippen LogP contribution < -0.4 is 0 Å². The average Bonchev–Trinajstić information content (AvgIpc) is 2.16. The summed E-state index contributed by atoms with van der Waals surface area (Å²) in [6.07, 6.45) is 3.74. The van der Waals surface area contributed by atoms with Gasteiger partial charge in [-0.25, -0.2) is 0 Å². The second-order valence-corrected chi connectivity index (χ2v) is 3.88. The molecule has 0 aliphatic carbocycles. The summed E-state index contributed by atoms with van der Waals surface area (Å²) in [5.74, 6) is 0.710. The molecule has 0 bridgehead atoms. The van der Waals surface area contributed by atoms with E-state index in [0.29, 0.717) is 5.92 Å². The van der Waals surface area contributed by atoms with Gasteiger partial charge in [-0.2, -0.15) is 0 Å². The summed E-state index contributed by atoms with van der Waals surface area (Å²) in [6.45, 7) is 4.48. The molecule has 0 fully saturated rings. The minimum Gasteiger partial charge on any atom is -0.0843 e. The predicted molar refractivity (Wildman–Crippen MR) is 59.4 cm³/mol. The first kappa shape index (κ1) is 10.6. The van der Waals surface area contributed by atoms with E-state index in [1.807, 2.05) is 12.1 Å². The topological polar surface area (TPSA) is 0 Å². The number of halogens is 1. The van der Waals surface area contributed by atoms with Crippen LogP contribution in [-0.4, -0.2) is 0 Å². The van der Waals surface area contributed by atoms with Gasteiger partial charge in [0.1, 0.15) is 0 Å². The maximum atomic E-state index is 5.84. The molecular weight excluding hydrogens is 180 g/mol. The Morgan fingerprint density at radius 2 is 1.77 bits per heavy atom. The van der Waals surface area contributed by atoms with Gasteiger partial charge in [0.25, 0.3) is 0 Å². The molecule has 72 valence electrons. The van der Waals surface area contributed by atoms with Crippen LogP contribution in [0.25, 0.3) is 0 Å². The molecular formula is C12H17Cl. The van der Waals surface area contributed by atoms with Gasteiger partial charge >= 0.3 is 0 Å². The number of benzene rings is 1. The van der Waals surface area contributed by atoms with Gasteiger partial charge in [-0.3, -0.25) is 0 Å². The zero-order valence-corrected chi connectivity index (χ0v) is 9.14. The molecule has 0 aliphatic heterocycles. The standard InChI is InChI=1S/C12H17Cl/c1-3-5-10(4-2)11-6-8-12(13)9-7-11/h6-10H,3-5H2,1-2H3. The molecule has 1 rings (SSSR count). The number of hydrogen-bond donors (Lipinski definition) is 0. The van der Waals surface area contributed by atoms with Crippen molar-refractivity contribution in [1.29, 1.82) is 0 Å². The van der Waals surface area contributed by atoms with Crippen molar-refractivity contribution < 1.29 is 0 Å². The van der Waals surface area contributed by atoms with Crippen molar-refractivity contribution in [2.45, 2.75) is 39.0 Å². The highest BCUT2D eigenvalue weighted by molar-refractivity contribution is 6.30. The van der Waals surface area contributed by atoms with Gasteiger partial charge in [-0.15, -0.1) is 0 Å². The summed E-state index contributed by atoms with van der Waals surface area (Å²) in [6, 6.07) is 8.25. The van der Waals surface area contributed by atoms with Crippen molar-refractivity contribution in [1.82, 2.24) is 0 Å². The molecule has 0 spiro atoms. The van der Waals surface area contributed by atoms with Crippen molar-refractivity contribution in [3.8, 4) is 0 Å². The zero-order chi connectivity index (χ0) is 9.68. The average molecular weight is 197 g/mol. The molecule has 0 heterocycles. The van der Waals surface area contributed by atoms with Gasteiger partial charge in [0.2, 0.25) is 0 Å². The van der Waals surface area contributed by atoms with E-state index < -0.39 is 0 Å². The Hall–Kier alpha value is -0.490. The van der Waals surface area contributed by atoms with Crippen molar-refractivity contribution in [2.75, 3.05) is 0 Å². The fourth-order valence-electron chi connectivity index (χ4n) is 1.69. The molecule has 0 aromatic heterocycles. The van der Waals surface area contributed by atoms with Gasteiger partial charge in [0.05, 0.1) is 0 Å². The Morgan fingerprint density at radius 1 is 1.15 bits per heavy atom. The molecule has 0 amide bonds. The van der Waals surface area contributed by atoms with Crippen molar-refractivity contribution >= 4 is 11.6 Å². The smallest absolute Gasteiger partial charge is 0.0406 e. The van der Waals surface area contributed by atoms with Crippen LogP contribution in [-0.2, 0) is 0 Å². The van der Waals surface area contributed by atoms with E-state index in [1.165, 1.54) is 24.8 Å². The third-order valence-electron chi connectivity index (χ3n) is 2.47. The Labute approximate surface area is 85.9 Å². The number of hydrogen-bond acceptors (Lipinski definition) is 0. The Balaban J connectivity index is 2.73. The van der Waals surface area contributed by atoms with Gasteiger partial charge < -0.3 is 0 Å². The molecule has 13 heavy (non-hydrogen) atoms. The fourth-order valence-corrected chi connectivity index (χ4v) is 1.82. The van der Waals surface area contributed by atoms with Gasteiger partial charge in [0, 0.05) is 5.02 Å². The van der Waals surface area contributed by atoms with E-state index in [9.17, 15) is 0 Å². The molecule has 1 aromatic rings. The third-order valence-corrected chi connectivity index (χ3v) is 2.72. The Bertz CT molecular complexity index is 238. The van der Waals surface area contributed by atoms with Crippen molar-refractivity contribution in [2.24, 2.45) is 0 Å².